The topological polar surface area (TPSA) is 74.6 Å². The first-order valence-corrected chi connectivity index (χ1v) is 7.45. The van der Waals surface area contributed by atoms with Crippen molar-refractivity contribution in [1.29, 1.82) is 0 Å². The Morgan fingerprint density at radius 2 is 1.74 bits per heavy atom. The van der Waals surface area contributed by atoms with Crippen LogP contribution in [0.2, 0.25) is 0 Å². The summed E-state index contributed by atoms with van der Waals surface area (Å²) >= 11 is 0. The van der Waals surface area contributed by atoms with Gasteiger partial charge in [-0.25, -0.2) is 0 Å². The molecule has 1 aromatic carbocycles. The standard InChI is InChI=1S/C7H8O3S.C7H14O/c1-6-2-4-7(5-3-6)11(8,9)10;1-4-5-7(8)6(2)3/h2-5H,1H3,(H,8,9,10);4,6-8H,1,5H2,2-3H3. The summed E-state index contributed by atoms with van der Waals surface area (Å²) in [6, 6.07) is 5.99. The lowest BCUT2D eigenvalue weighted by molar-refractivity contribution is 0.128. The van der Waals surface area contributed by atoms with Crippen LogP contribution in [0.1, 0.15) is 25.8 Å². The molecule has 0 amide bonds. The zero-order chi connectivity index (χ0) is 15.1. The highest BCUT2D eigenvalue weighted by atomic mass is 32.2. The molecule has 108 valence electrons. The second-order valence-electron chi connectivity index (χ2n) is 4.62. The van der Waals surface area contributed by atoms with Gasteiger partial charge >= 0.3 is 0 Å². The summed E-state index contributed by atoms with van der Waals surface area (Å²) in [5, 5.41) is 9.06. The molecule has 0 bridgehead atoms. The van der Waals surface area contributed by atoms with Crippen molar-refractivity contribution in [1.82, 2.24) is 0 Å². The van der Waals surface area contributed by atoms with E-state index < -0.39 is 10.1 Å². The first kappa shape index (κ1) is 17.8. The van der Waals surface area contributed by atoms with E-state index in [0.29, 0.717) is 12.3 Å². The van der Waals surface area contributed by atoms with Gasteiger partial charge in [-0.2, -0.15) is 8.42 Å². The lowest BCUT2D eigenvalue weighted by atomic mass is 10.1. The van der Waals surface area contributed by atoms with Gasteiger partial charge in [-0.05, 0) is 31.4 Å². The highest BCUT2D eigenvalue weighted by Gasteiger charge is 2.06. The van der Waals surface area contributed by atoms with Crippen LogP contribution >= 0.6 is 0 Å². The lowest BCUT2D eigenvalue weighted by Crippen LogP contribution is -2.12. The largest absolute Gasteiger partial charge is 0.393 e. The van der Waals surface area contributed by atoms with Gasteiger partial charge < -0.3 is 5.11 Å². The number of aryl methyl sites for hydroxylation is 1. The molecule has 1 rings (SSSR count). The Labute approximate surface area is 115 Å². The Bertz CT molecular complexity index is 475. The molecule has 0 heterocycles. The summed E-state index contributed by atoms with van der Waals surface area (Å²) in [5.74, 6) is 0.355. The summed E-state index contributed by atoms with van der Waals surface area (Å²) in [5.41, 5.74) is 0.956. The highest BCUT2D eigenvalue weighted by molar-refractivity contribution is 7.85. The quantitative estimate of drug-likeness (QED) is 0.659. The molecule has 1 aromatic rings. The van der Waals surface area contributed by atoms with E-state index in [1.54, 1.807) is 18.2 Å². The van der Waals surface area contributed by atoms with E-state index in [-0.39, 0.29) is 11.0 Å². The molecule has 19 heavy (non-hydrogen) atoms. The lowest BCUT2D eigenvalue weighted by Gasteiger charge is -2.10. The third-order valence-electron chi connectivity index (χ3n) is 2.50. The number of aliphatic hydroxyl groups excluding tert-OH is 1. The molecule has 2 N–H and O–H groups in total. The minimum Gasteiger partial charge on any atom is -0.393 e. The average molecular weight is 286 g/mol. The molecule has 1 unspecified atom stereocenters. The predicted molar refractivity (Wildman–Crippen MR) is 76.7 cm³/mol. The number of hydrogen-bond acceptors (Lipinski definition) is 3. The van der Waals surface area contributed by atoms with Crippen LogP contribution in [-0.4, -0.2) is 24.2 Å². The molecule has 0 saturated carbocycles. The van der Waals surface area contributed by atoms with Gasteiger partial charge in [0.1, 0.15) is 0 Å². The van der Waals surface area contributed by atoms with Gasteiger partial charge in [0.25, 0.3) is 10.1 Å². The Morgan fingerprint density at radius 3 is 2.00 bits per heavy atom. The predicted octanol–water partition coefficient (Wildman–Crippen LogP) is 2.82. The second-order valence-corrected chi connectivity index (χ2v) is 6.05. The van der Waals surface area contributed by atoms with E-state index in [1.807, 2.05) is 20.8 Å². The fourth-order valence-corrected chi connectivity index (χ4v) is 1.63. The Hall–Kier alpha value is -1.17. The van der Waals surface area contributed by atoms with E-state index >= 15 is 0 Å². The Balaban J connectivity index is 0.000000362. The summed E-state index contributed by atoms with van der Waals surface area (Å²) in [4.78, 5) is -0.0666. The highest BCUT2D eigenvalue weighted by Crippen LogP contribution is 2.08. The molecular weight excluding hydrogens is 264 g/mol. The molecule has 0 aromatic heterocycles. The Kier molecular flexibility index (Phi) is 7.59. The zero-order valence-electron chi connectivity index (χ0n) is 11.6. The van der Waals surface area contributed by atoms with Crippen molar-refractivity contribution in [3.8, 4) is 0 Å². The maximum Gasteiger partial charge on any atom is 0.294 e. The summed E-state index contributed by atoms with van der Waals surface area (Å²) < 4.78 is 29.6. The van der Waals surface area contributed by atoms with Crippen molar-refractivity contribution in [3.63, 3.8) is 0 Å². The number of aliphatic hydroxyl groups is 1. The zero-order valence-corrected chi connectivity index (χ0v) is 12.4. The minimum absolute atomic E-state index is 0.0666. The molecule has 5 heteroatoms. The fraction of sp³-hybridized carbons (Fsp3) is 0.429. The smallest absolute Gasteiger partial charge is 0.294 e. The van der Waals surface area contributed by atoms with Crippen LogP contribution in [0.3, 0.4) is 0 Å². The summed E-state index contributed by atoms with van der Waals surface area (Å²) in [6.07, 6.45) is 2.25. The summed E-state index contributed by atoms with van der Waals surface area (Å²) in [6.45, 7) is 9.35. The fourth-order valence-electron chi connectivity index (χ4n) is 1.15. The van der Waals surface area contributed by atoms with Crippen molar-refractivity contribution in [2.24, 2.45) is 5.92 Å². The number of benzene rings is 1. The molecule has 0 radical (unpaired) electrons. The van der Waals surface area contributed by atoms with E-state index in [1.165, 1.54) is 12.1 Å². The summed E-state index contributed by atoms with van der Waals surface area (Å²) in [7, 11) is -4.02. The molecule has 0 aliphatic heterocycles. The van der Waals surface area contributed by atoms with Crippen molar-refractivity contribution in [3.05, 3.63) is 42.5 Å². The first-order chi connectivity index (χ1) is 8.68. The molecule has 0 saturated heterocycles. The molecule has 1 atom stereocenters. The van der Waals surface area contributed by atoms with Crippen LogP contribution in [0, 0.1) is 12.8 Å². The molecular formula is C14H22O4S. The van der Waals surface area contributed by atoms with Crippen LogP contribution in [0.5, 0.6) is 0 Å². The van der Waals surface area contributed by atoms with Crippen molar-refractivity contribution in [2.75, 3.05) is 0 Å². The van der Waals surface area contributed by atoms with Crippen LogP contribution in [0.15, 0.2) is 41.8 Å². The molecule has 0 fully saturated rings. The average Bonchev–Trinajstić information content (AvgIpc) is 2.29. The van der Waals surface area contributed by atoms with Gasteiger partial charge in [0, 0.05) is 0 Å². The number of rotatable bonds is 4. The molecule has 0 spiro atoms. The van der Waals surface area contributed by atoms with E-state index in [4.69, 9.17) is 9.66 Å². The molecule has 4 nitrogen and oxygen atoms in total. The van der Waals surface area contributed by atoms with E-state index in [2.05, 4.69) is 6.58 Å². The maximum absolute atomic E-state index is 10.5. The van der Waals surface area contributed by atoms with Crippen LogP contribution in [0.25, 0.3) is 0 Å². The van der Waals surface area contributed by atoms with Crippen LogP contribution < -0.4 is 0 Å². The molecule has 0 aliphatic carbocycles. The maximum atomic E-state index is 10.5. The van der Waals surface area contributed by atoms with Crippen LogP contribution in [-0.2, 0) is 10.1 Å². The third-order valence-corrected chi connectivity index (χ3v) is 3.36. The van der Waals surface area contributed by atoms with Gasteiger partial charge in [0.05, 0.1) is 11.0 Å². The normalized spacial score (nSPS) is 12.5. The van der Waals surface area contributed by atoms with E-state index in [0.717, 1.165) is 5.56 Å². The Morgan fingerprint density at radius 1 is 1.26 bits per heavy atom. The minimum atomic E-state index is -4.02. The first-order valence-electron chi connectivity index (χ1n) is 6.01. The third kappa shape index (κ3) is 7.77. The van der Waals surface area contributed by atoms with Crippen molar-refractivity contribution < 1.29 is 18.1 Å². The van der Waals surface area contributed by atoms with Gasteiger partial charge in [-0.3, -0.25) is 4.55 Å². The number of hydrogen-bond donors (Lipinski definition) is 2. The van der Waals surface area contributed by atoms with Gasteiger partial charge in [0.2, 0.25) is 0 Å². The van der Waals surface area contributed by atoms with Gasteiger partial charge in [-0.15, -0.1) is 6.58 Å². The van der Waals surface area contributed by atoms with Crippen molar-refractivity contribution >= 4 is 10.1 Å². The molecule has 0 aliphatic rings. The van der Waals surface area contributed by atoms with E-state index in [9.17, 15) is 8.42 Å². The second kappa shape index (κ2) is 8.09. The van der Waals surface area contributed by atoms with Crippen LogP contribution in [0.4, 0.5) is 0 Å². The SMILES string of the molecule is C=CCC(O)C(C)C.Cc1ccc(S(=O)(=O)O)cc1. The monoisotopic (exact) mass is 286 g/mol. The van der Waals surface area contributed by atoms with Gasteiger partial charge in [-0.1, -0.05) is 37.6 Å². The van der Waals surface area contributed by atoms with Gasteiger partial charge in [0.15, 0.2) is 0 Å². The van der Waals surface area contributed by atoms with Crippen molar-refractivity contribution in [2.45, 2.75) is 38.2 Å².